The third-order valence-corrected chi connectivity index (χ3v) is 2.90. The molecule has 0 aromatic carbocycles. The van der Waals surface area contributed by atoms with E-state index >= 15 is 0 Å². The summed E-state index contributed by atoms with van der Waals surface area (Å²) >= 11 is 0. The van der Waals surface area contributed by atoms with Crippen LogP contribution in [0.5, 0.6) is 0 Å². The molecular formula is C7H12F4N2O5S. The number of hydrogen-bond donors (Lipinski definition) is 2. The Kier molecular flexibility index (Phi) is 5.67. The second-order valence-electron chi connectivity index (χ2n) is 3.70. The van der Waals surface area contributed by atoms with Crippen LogP contribution in [-0.2, 0) is 19.7 Å². The summed E-state index contributed by atoms with van der Waals surface area (Å²) in [5.74, 6) is -2.76. The van der Waals surface area contributed by atoms with E-state index in [-0.39, 0.29) is 19.7 Å². The maximum atomic E-state index is 13.2. The Morgan fingerprint density at radius 3 is 2.05 bits per heavy atom. The fraction of sp³-hybridized carbons (Fsp3) is 0.857. The fourth-order valence-corrected chi connectivity index (χ4v) is 1.94. The van der Waals surface area contributed by atoms with Gasteiger partial charge in [0.15, 0.2) is 5.67 Å². The molecule has 1 rings (SSSR count). The van der Waals surface area contributed by atoms with Crippen molar-refractivity contribution in [2.24, 2.45) is 5.14 Å². The van der Waals surface area contributed by atoms with Gasteiger partial charge in [0.2, 0.25) is 0 Å². The molecule has 0 aromatic heterocycles. The molecule has 1 heterocycles. The Bertz CT molecular complexity index is 418. The molecule has 0 saturated carbocycles. The van der Waals surface area contributed by atoms with Crippen molar-refractivity contribution < 1.29 is 40.6 Å². The van der Waals surface area contributed by atoms with Crippen LogP contribution in [0.1, 0.15) is 0 Å². The molecule has 114 valence electrons. The van der Waals surface area contributed by atoms with E-state index < -0.39 is 28.0 Å². The molecule has 12 heteroatoms. The van der Waals surface area contributed by atoms with E-state index in [1.54, 1.807) is 0 Å². The van der Waals surface area contributed by atoms with E-state index in [0.717, 1.165) is 4.31 Å². The van der Waals surface area contributed by atoms with Crippen LogP contribution in [-0.4, -0.2) is 62.5 Å². The van der Waals surface area contributed by atoms with Gasteiger partial charge in [-0.05, 0) is 0 Å². The van der Waals surface area contributed by atoms with Gasteiger partial charge in [0, 0.05) is 7.11 Å². The van der Waals surface area contributed by atoms with E-state index in [0.29, 0.717) is 0 Å². The van der Waals surface area contributed by atoms with Crippen molar-refractivity contribution in [2.45, 2.75) is 11.8 Å². The van der Waals surface area contributed by atoms with Crippen molar-refractivity contribution in [3.8, 4) is 0 Å². The number of alkyl halides is 4. The Morgan fingerprint density at radius 2 is 1.84 bits per heavy atom. The minimum Gasteiger partial charge on any atom is -0.475 e. The smallest absolute Gasteiger partial charge is 0.475 e. The summed E-state index contributed by atoms with van der Waals surface area (Å²) in [6.45, 7) is -0.516. The zero-order valence-corrected chi connectivity index (χ0v) is 10.5. The van der Waals surface area contributed by atoms with Crippen LogP contribution in [0.15, 0.2) is 0 Å². The van der Waals surface area contributed by atoms with Gasteiger partial charge in [-0.15, -0.1) is 0 Å². The summed E-state index contributed by atoms with van der Waals surface area (Å²) < 4.78 is 71.6. The second kappa shape index (κ2) is 5.98. The van der Waals surface area contributed by atoms with Gasteiger partial charge in [0.1, 0.15) is 0 Å². The SMILES string of the molecule is COCC1(F)CN(S(N)(=O)=O)C1.O=C(O)C(F)(F)F. The average molecular weight is 312 g/mol. The first kappa shape index (κ1) is 18.0. The summed E-state index contributed by atoms with van der Waals surface area (Å²) in [7, 11) is -2.36. The number of carboxylic acids is 1. The van der Waals surface area contributed by atoms with Crippen molar-refractivity contribution in [2.75, 3.05) is 26.8 Å². The quantitative estimate of drug-likeness (QED) is 0.682. The summed E-state index contributed by atoms with van der Waals surface area (Å²) in [5.41, 5.74) is -1.55. The van der Waals surface area contributed by atoms with Crippen LogP contribution >= 0.6 is 0 Å². The molecule has 0 spiro atoms. The number of nitrogens with zero attached hydrogens (tertiary/aromatic N) is 1. The molecule has 1 aliphatic heterocycles. The van der Waals surface area contributed by atoms with E-state index in [9.17, 15) is 26.0 Å². The van der Waals surface area contributed by atoms with Crippen LogP contribution in [0.3, 0.4) is 0 Å². The lowest BCUT2D eigenvalue weighted by Gasteiger charge is -2.41. The molecule has 1 aliphatic rings. The Hall–Kier alpha value is -0.980. The van der Waals surface area contributed by atoms with Gasteiger partial charge in [0.05, 0.1) is 19.7 Å². The van der Waals surface area contributed by atoms with Gasteiger partial charge < -0.3 is 9.84 Å². The zero-order chi connectivity index (χ0) is 15.5. The maximum absolute atomic E-state index is 13.2. The largest absolute Gasteiger partial charge is 0.490 e. The molecule has 0 aromatic rings. The van der Waals surface area contributed by atoms with Crippen LogP contribution < -0.4 is 5.14 Å². The zero-order valence-electron chi connectivity index (χ0n) is 9.65. The summed E-state index contributed by atoms with van der Waals surface area (Å²) in [6.07, 6.45) is -5.08. The van der Waals surface area contributed by atoms with Crippen molar-refractivity contribution in [1.29, 1.82) is 0 Å². The molecule has 0 atom stereocenters. The molecule has 0 aliphatic carbocycles. The highest BCUT2D eigenvalue weighted by Crippen LogP contribution is 2.26. The first-order chi connectivity index (χ1) is 8.32. The summed E-state index contributed by atoms with van der Waals surface area (Å²) in [6, 6.07) is 0. The fourth-order valence-electron chi connectivity index (χ4n) is 1.12. The molecule has 0 unspecified atom stereocenters. The van der Waals surface area contributed by atoms with Crippen molar-refractivity contribution in [1.82, 2.24) is 4.31 Å². The number of carbonyl (C=O) groups is 1. The predicted molar refractivity (Wildman–Crippen MR) is 54.1 cm³/mol. The summed E-state index contributed by atoms with van der Waals surface area (Å²) in [5, 5.41) is 11.9. The van der Waals surface area contributed by atoms with Crippen LogP contribution in [0, 0.1) is 0 Å². The van der Waals surface area contributed by atoms with E-state index in [1.807, 2.05) is 0 Å². The highest BCUT2D eigenvalue weighted by atomic mass is 32.2. The van der Waals surface area contributed by atoms with Gasteiger partial charge in [-0.1, -0.05) is 0 Å². The lowest BCUT2D eigenvalue weighted by Crippen LogP contribution is -2.64. The Morgan fingerprint density at radius 1 is 1.47 bits per heavy atom. The molecule has 3 N–H and O–H groups in total. The van der Waals surface area contributed by atoms with E-state index in [4.69, 9.17) is 15.0 Å². The number of nitrogens with two attached hydrogens (primary N) is 1. The van der Waals surface area contributed by atoms with Gasteiger partial charge >= 0.3 is 12.1 Å². The van der Waals surface area contributed by atoms with Crippen LogP contribution in [0.4, 0.5) is 17.6 Å². The molecule has 0 bridgehead atoms. The highest BCUT2D eigenvalue weighted by Gasteiger charge is 2.47. The molecule has 1 fully saturated rings. The number of rotatable bonds is 3. The third-order valence-electron chi connectivity index (χ3n) is 1.92. The first-order valence-electron chi connectivity index (χ1n) is 4.58. The lowest BCUT2D eigenvalue weighted by molar-refractivity contribution is -0.192. The number of halogens is 4. The number of hydrogen-bond acceptors (Lipinski definition) is 4. The van der Waals surface area contributed by atoms with Gasteiger partial charge in [-0.2, -0.15) is 25.9 Å². The van der Waals surface area contributed by atoms with Crippen molar-refractivity contribution in [3.63, 3.8) is 0 Å². The van der Waals surface area contributed by atoms with E-state index in [1.165, 1.54) is 7.11 Å². The highest BCUT2D eigenvalue weighted by molar-refractivity contribution is 7.86. The lowest BCUT2D eigenvalue weighted by atomic mass is 10.0. The standard InChI is InChI=1S/C5H11FN2O3S.C2HF3O2/c1-11-4-5(6)2-8(3-5)12(7,9)10;3-2(4,5)1(6)7/h2-4H2,1H3,(H2,7,9,10);(H,6,7). The molecular weight excluding hydrogens is 300 g/mol. The normalized spacial score (nSPS) is 19.1. The predicted octanol–water partition coefficient (Wildman–Crippen LogP) is -0.506. The van der Waals surface area contributed by atoms with Crippen molar-refractivity contribution >= 4 is 16.2 Å². The van der Waals surface area contributed by atoms with E-state index in [2.05, 4.69) is 4.74 Å². The average Bonchev–Trinajstić information content (AvgIpc) is 2.12. The summed E-state index contributed by atoms with van der Waals surface area (Å²) in [4.78, 5) is 8.90. The van der Waals surface area contributed by atoms with Gasteiger partial charge in [-0.25, -0.2) is 14.3 Å². The molecule has 7 nitrogen and oxygen atoms in total. The van der Waals surface area contributed by atoms with Gasteiger partial charge in [-0.3, -0.25) is 0 Å². The molecule has 0 amide bonds. The molecule has 19 heavy (non-hydrogen) atoms. The second-order valence-corrected chi connectivity index (χ2v) is 5.25. The Labute approximate surface area is 106 Å². The van der Waals surface area contributed by atoms with Gasteiger partial charge in [0.25, 0.3) is 10.2 Å². The number of carboxylic acid groups (broad SMARTS) is 1. The topological polar surface area (TPSA) is 110 Å². The van der Waals surface area contributed by atoms with Crippen LogP contribution in [0.2, 0.25) is 0 Å². The Balaban J connectivity index is 0.000000399. The first-order valence-corrected chi connectivity index (χ1v) is 6.08. The minimum atomic E-state index is -5.08. The third kappa shape index (κ3) is 6.13. The minimum absolute atomic E-state index is 0.0982. The molecule has 0 radical (unpaired) electrons. The monoisotopic (exact) mass is 312 g/mol. The number of aliphatic carboxylic acids is 1. The number of methoxy groups -OCH3 is 1. The molecule has 1 saturated heterocycles. The van der Waals surface area contributed by atoms with Crippen molar-refractivity contribution in [3.05, 3.63) is 0 Å². The van der Waals surface area contributed by atoms with Crippen LogP contribution in [0.25, 0.3) is 0 Å². The number of ether oxygens (including phenoxy) is 1. The maximum Gasteiger partial charge on any atom is 0.490 e.